The third-order valence-corrected chi connectivity index (χ3v) is 3.16. The molecular weight excluding hydrogens is 253 g/mol. The molecule has 18 heavy (non-hydrogen) atoms. The van der Waals surface area contributed by atoms with Crippen LogP contribution in [0.4, 0.5) is 4.39 Å². The fourth-order valence-corrected chi connectivity index (χ4v) is 2.20. The maximum Gasteiger partial charge on any atom is 0.151 e. The molecule has 0 aliphatic carbocycles. The average Bonchev–Trinajstić information content (AvgIpc) is 2.63. The molecule has 0 atom stereocenters. The van der Waals surface area contributed by atoms with E-state index in [2.05, 4.69) is 10.3 Å². The van der Waals surface area contributed by atoms with Crippen LogP contribution < -0.4 is 5.32 Å². The molecule has 0 aliphatic rings. The summed E-state index contributed by atoms with van der Waals surface area (Å²) in [5.41, 5.74) is 1.68. The summed E-state index contributed by atoms with van der Waals surface area (Å²) in [5.74, 6) is 0.411. The van der Waals surface area contributed by atoms with E-state index >= 15 is 0 Å². The Hall–Kier alpha value is -1.39. The van der Waals surface area contributed by atoms with Crippen molar-refractivity contribution >= 4 is 11.6 Å². The van der Waals surface area contributed by atoms with Crippen LogP contribution >= 0.6 is 11.6 Å². The van der Waals surface area contributed by atoms with Crippen molar-refractivity contribution in [1.29, 1.82) is 0 Å². The molecule has 2 aromatic rings. The summed E-state index contributed by atoms with van der Waals surface area (Å²) in [7, 11) is 3.78. The summed E-state index contributed by atoms with van der Waals surface area (Å²) >= 11 is 6.12. The summed E-state index contributed by atoms with van der Waals surface area (Å²) in [6.45, 7) is 0.821. The normalized spacial score (nSPS) is 10.9. The van der Waals surface area contributed by atoms with Gasteiger partial charge in [-0.2, -0.15) is 0 Å². The quantitative estimate of drug-likeness (QED) is 0.923. The van der Waals surface area contributed by atoms with Crippen LogP contribution in [0.2, 0.25) is 5.15 Å². The van der Waals surface area contributed by atoms with Gasteiger partial charge in [0.25, 0.3) is 0 Å². The van der Waals surface area contributed by atoms with Gasteiger partial charge in [0.05, 0.1) is 5.69 Å². The Balaban J connectivity index is 2.40. The first kappa shape index (κ1) is 13.1. The van der Waals surface area contributed by atoms with Crippen LogP contribution in [0.5, 0.6) is 0 Å². The highest BCUT2D eigenvalue weighted by molar-refractivity contribution is 6.30. The molecular formula is C13H15ClFN3. The standard InChI is InChI=1S/C13H15ClFN3/c1-16-7-6-11-12(14)17-13(18(11)2)9-4-3-5-10(15)8-9/h3-5,8,16H,6-7H2,1-2H3. The number of hydrogen-bond donors (Lipinski definition) is 1. The van der Waals surface area contributed by atoms with Gasteiger partial charge in [-0.05, 0) is 19.2 Å². The van der Waals surface area contributed by atoms with Crippen LogP contribution in [0.3, 0.4) is 0 Å². The van der Waals surface area contributed by atoms with Crippen molar-refractivity contribution in [3.63, 3.8) is 0 Å². The molecule has 3 nitrogen and oxygen atoms in total. The Morgan fingerprint density at radius 3 is 2.89 bits per heavy atom. The molecule has 0 spiro atoms. The van der Waals surface area contributed by atoms with Gasteiger partial charge in [-0.3, -0.25) is 0 Å². The molecule has 0 saturated heterocycles. The number of likely N-dealkylation sites (N-methyl/N-ethyl adjacent to an activating group) is 1. The predicted octanol–water partition coefficient (Wildman–Crippen LogP) is 2.64. The third kappa shape index (κ3) is 2.54. The van der Waals surface area contributed by atoms with E-state index in [4.69, 9.17) is 11.6 Å². The maximum atomic E-state index is 13.2. The molecule has 0 radical (unpaired) electrons. The Morgan fingerprint density at radius 1 is 1.44 bits per heavy atom. The van der Waals surface area contributed by atoms with E-state index < -0.39 is 0 Å². The molecule has 0 unspecified atom stereocenters. The molecule has 96 valence electrons. The molecule has 0 saturated carbocycles. The second-order valence-electron chi connectivity index (χ2n) is 4.10. The van der Waals surface area contributed by atoms with Crippen LogP contribution in [-0.2, 0) is 13.5 Å². The fraction of sp³-hybridized carbons (Fsp3) is 0.308. The number of benzene rings is 1. The van der Waals surface area contributed by atoms with E-state index in [1.165, 1.54) is 12.1 Å². The predicted molar refractivity (Wildman–Crippen MR) is 71.2 cm³/mol. The highest BCUT2D eigenvalue weighted by atomic mass is 35.5. The van der Waals surface area contributed by atoms with Crippen LogP contribution in [0.15, 0.2) is 24.3 Å². The minimum absolute atomic E-state index is 0.275. The van der Waals surface area contributed by atoms with Crippen molar-refractivity contribution in [2.45, 2.75) is 6.42 Å². The SMILES string of the molecule is CNCCc1c(Cl)nc(-c2cccc(F)c2)n1C. The minimum Gasteiger partial charge on any atom is -0.330 e. The zero-order valence-corrected chi connectivity index (χ0v) is 11.1. The third-order valence-electron chi connectivity index (χ3n) is 2.86. The smallest absolute Gasteiger partial charge is 0.151 e. The second-order valence-corrected chi connectivity index (χ2v) is 4.45. The van der Waals surface area contributed by atoms with Gasteiger partial charge in [-0.1, -0.05) is 23.7 Å². The number of nitrogens with one attached hydrogen (secondary N) is 1. The van der Waals surface area contributed by atoms with E-state index in [1.807, 2.05) is 24.7 Å². The zero-order valence-electron chi connectivity index (χ0n) is 10.4. The molecule has 0 fully saturated rings. The summed E-state index contributed by atoms with van der Waals surface area (Å²) < 4.78 is 15.1. The van der Waals surface area contributed by atoms with Crippen LogP contribution in [-0.4, -0.2) is 23.1 Å². The molecule has 1 aromatic carbocycles. The first-order valence-corrected chi connectivity index (χ1v) is 6.13. The Kier molecular flexibility index (Phi) is 3.99. The Labute approximate surface area is 111 Å². The minimum atomic E-state index is -0.275. The molecule has 2 rings (SSSR count). The highest BCUT2D eigenvalue weighted by Crippen LogP contribution is 2.25. The molecule has 0 aliphatic heterocycles. The molecule has 5 heteroatoms. The van der Waals surface area contributed by atoms with Gasteiger partial charge in [0.15, 0.2) is 5.15 Å². The van der Waals surface area contributed by atoms with Gasteiger partial charge in [0.2, 0.25) is 0 Å². The Morgan fingerprint density at radius 2 is 2.22 bits per heavy atom. The van der Waals surface area contributed by atoms with Gasteiger partial charge < -0.3 is 9.88 Å². The van der Waals surface area contributed by atoms with E-state index in [1.54, 1.807) is 6.07 Å². The van der Waals surface area contributed by atoms with Gasteiger partial charge in [0.1, 0.15) is 11.6 Å². The molecule has 0 bridgehead atoms. The summed E-state index contributed by atoms with van der Waals surface area (Å²) in [6, 6.07) is 6.36. The molecule has 0 amide bonds. The second kappa shape index (κ2) is 5.50. The van der Waals surface area contributed by atoms with Gasteiger partial charge in [0, 0.05) is 25.6 Å². The number of nitrogens with zero attached hydrogens (tertiary/aromatic N) is 2. The van der Waals surface area contributed by atoms with E-state index in [0.29, 0.717) is 11.0 Å². The van der Waals surface area contributed by atoms with Crippen molar-refractivity contribution in [3.8, 4) is 11.4 Å². The number of halogens is 2. The van der Waals surface area contributed by atoms with Crippen molar-refractivity contribution in [3.05, 3.63) is 40.9 Å². The molecule has 1 aromatic heterocycles. The van der Waals surface area contributed by atoms with E-state index in [0.717, 1.165) is 24.2 Å². The summed E-state index contributed by atoms with van der Waals surface area (Å²) in [5, 5.41) is 3.55. The summed E-state index contributed by atoms with van der Waals surface area (Å²) in [6.07, 6.45) is 0.786. The lowest BCUT2D eigenvalue weighted by Crippen LogP contribution is -2.12. The monoisotopic (exact) mass is 267 g/mol. The lowest BCUT2D eigenvalue weighted by atomic mass is 10.2. The van der Waals surface area contributed by atoms with Crippen molar-refractivity contribution < 1.29 is 4.39 Å². The van der Waals surface area contributed by atoms with Gasteiger partial charge >= 0.3 is 0 Å². The zero-order chi connectivity index (χ0) is 13.1. The first-order chi connectivity index (χ1) is 8.63. The van der Waals surface area contributed by atoms with E-state index in [9.17, 15) is 4.39 Å². The van der Waals surface area contributed by atoms with E-state index in [-0.39, 0.29) is 5.82 Å². The van der Waals surface area contributed by atoms with Crippen molar-refractivity contribution in [1.82, 2.24) is 14.9 Å². The lowest BCUT2D eigenvalue weighted by Gasteiger charge is -2.06. The maximum absolute atomic E-state index is 13.2. The largest absolute Gasteiger partial charge is 0.330 e. The first-order valence-electron chi connectivity index (χ1n) is 5.75. The van der Waals surface area contributed by atoms with Gasteiger partial charge in [-0.25, -0.2) is 9.37 Å². The number of rotatable bonds is 4. The van der Waals surface area contributed by atoms with Gasteiger partial charge in [-0.15, -0.1) is 0 Å². The number of aromatic nitrogens is 2. The van der Waals surface area contributed by atoms with Crippen molar-refractivity contribution in [2.24, 2.45) is 7.05 Å². The summed E-state index contributed by atoms with van der Waals surface area (Å²) in [4.78, 5) is 4.31. The number of hydrogen-bond acceptors (Lipinski definition) is 2. The van der Waals surface area contributed by atoms with Crippen LogP contribution in [0.1, 0.15) is 5.69 Å². The molecule has 1 N–H and O–H groups in total. The highest BCUT2D eigenvalue weighted by Gasteiger charge is 2.14. The van der Waals surface area contributed by atoms with Crippen molar-refractivity contribution in [2.75, 3.05) is 13.6 Å². The lowest BCUT2D eigenvalue weighted by molar-refractivity contribution is 0.628. The van der Waals surface area contributed by atoms with Crippen LogP contribution in [0, 0.1) is 5.82 Å². The number of imidazole rings is 1. The van der Waals surface area contributed by atoms with Crippen LogP contribution in [0.25, 0.3) is 11.4 Å². The molecule has 1 heterocycles. The fourth-order valence-electron chi connectivity index (χ4n) is 1.90. The Bertz CT molecular complexity index is 551. The topological polar surface area (TPSA) is 29.9 Å². The average molecular weight is 268 g/mol.